The van der Waals surface area contributed by atoms with Crippen molar-refractivity contribution in [1.82, 2.24) is 5.32 Å². The second-order valence-electron chi connectivity index (χ2n) is 4.89. The van der Waals surface area contributed by atoms with Crippen LogP contribution in [-0.4, -0.2) is 6.04 Å². The molecule has 0 saturated heterocycles. The van der Waals surface area contributed by atoms with Crippen molar-refractivity contribution in [2.24, 2.45) is 0 Å². The fourth-order valence-electron chi connectivity index (χ4n) is 1.93. The zero-order valence-electron chi connectivity index (χ0n) is 10.3. The van der Waals surface area contributed by atoms with E-state index >= 15 is 0 Å². The van der Waals surface area contributed by atoms with Gasteiger partial charge in [-0.25, -0.2) is 0 Å². The third-order valence-corrected chi connectivity index (χ3v) is 4.20. The molecule has 1 N–H and O–H groups in total. The van der Waals surface area contributed by atoms with Gasteiger partial charge in [0.2, 0.25) is 0 Å². The maximum atomic E-state index is 3.57. The van der Waals surface area contributed by atoms with Crippen LogP contribution < -0.4 is 5.32 Å². The Bertz CT molecular complexity index is 301. The molecule has 2 heteroatoms. The zero-order chi connectivity index (χ0) is 11.2. The Morgan fingerprint density at radius 1 is 1.31 bits per heavy atom. The minimum Gasteiger partial charge on any atom is -0.310 e. The van der Waals surface area contributed by atoms with Crippen LogP contribution in [-0.2, 0) is 13.0 Å². The Kier molecular flexibility index (Phi) is 4.86. The van der Waals surface area contributed by atoms with Gasteiger partial charge in [0.05, 0.1) is 0 Å². The van der Waals surface area contributed by atoms with Gasteiger partial charge in [-0.05, 0) is 42.7 Å². The second kappa shape index (κ2) is 6.41. The number of rotatable bonds is 8. The highest BCUT2D eigenvalue weighted by Crippen LogP contribution is 2.21. The number of hydrogen-bond acceptors (Lipinski definition) is 2. The molecule has 0 radical (unpaired) electrons. The Hall–Kier alpha value is -0.340. The van der Waals surface area contributed by atoms with Crippen molar-refractivity contribution in [3.8, 4) is 0 Å². The van der Waals surface area contributed by atoms with Crippen LogP contribution >= 0.6 is 11.3 Å². The lowest BCUT2D eigenvalue weighted by atomic mass is 10.1. The second-order valence-corrected chi connectivity index (χ2v) is 5.88. The summed E-state index contributed by atoms with van der Waals surface area (Å²) in [6.45, 7) is 3.35. The summed E-state index contributed by atoms with van der Waals surface area (Å²) < 4.78 is 0. The van der Waals surface area contributed by atoms with Crippen LogP contribution in [0.4, 0.5) is 0 Å². The number of hydrogen-bond donors (Lipinski definition) is 1. The lowest BCUT2D eigenvalue weighted by Crippen LogP contribution is -2.14. The van der Waals surface area contributed by atoms with Crippen molar-refractivity contribution in [2.75, 3.05) is 0 Å². The lowest BCUT2D eigenvalue weighted by molar-refractivity contribution is 0.668. The van der Waals surface area contributed by atoms with E-state index < -0.39 is 0 Å². The average Bonchev–Trinajstić information content (AvgIpc) is 3.02. The van der Waals surface area contributed by atoms with Crippen molar-refractivity contribution >= 4 is 11.3 Å². The summed E-state index contributed by atoms with van der Waals surface area (Å²) in [6, 6.07) is 3.22. The standard InChI is InChI=1S/C14H23NS/c1-2-3-4-5-6-14-9-12(11-16-14)10-15-13-7-8-13/h9,11,13,15H,2-8,10H2,1H3. The smallest absolute Gasteiger partial charge is 0.0216 e. The molecule has 1 aromatic rings. The summed E-state index contributed by atoms with van der Waals surface area (Å²) in [5.74, 6) is 0. The highest BCUT2D eigenvalue weighted by atomic mass is 32.1. The summed E-state index contributed by atoms with van der Waals surface area (Å²) in [6.07, 6.45) is 9.53. The number of unbranched alkanes of at least 4 members (excludes halogenated alkanes) is 3. The highest BCUT2D eigenvalue weighted by Gasteiger charge is 2.19. The molecule has 0 bridgehead atoms. The Balaban J connectivity index is 1.64. The number of aryl methyl sites for hydroxylation is 1. The summed E-state index contributed by atoms with van der Waals surface area (Å²) in [4.78, 5) is 1.57. The van der Waals surface area contributed by atoms with E-state index in [0.29, 0.717) is 0 Å². The molecular formula is C14H23NS. The van der Waals surface area contributed by atoms with Crippen molar-refractivity contribution in [1.29, 1.82) is 0 Å². The largest absolute Gasteiger partial charge is 0.310 e. The van der Waals surface area contributed by atoms with Gasteiger partial charge in [-0.3, -0.25) is 0 Å². The van der Waals surface area contributed by atoms with Crippen LogP contribution in [0.3, 0.4) is 0 Å². The first-order valence-corrected chi connectivity index (χ1v) is 7.56. The summed E-state index contributed by atoms with van der Waals surface area (Å²) >= 11 is 1.94. The van der Waals surface area contributed by atoms with Gasteiger partial charge in [0, 0.05) is 17.5 Å². The predicted molar refractivity (Wildman–Crippen MR) is 72.0 cm³/mol. The van der Waals surface area contributed by atoms with Crippen LogP contribution in [0, 0.1) is 0 Å². The molecule has 0 aliphatic heterocycles. The molecule has 1 fully saturated rings. The van der Waals surface area contributed by atoms with E-state index in [0.717, 1.165) is 12.6 Å². The van der Waals surface area contributed by atoms with Crippen LogP contribution in [0.1, 0.15) is 55.9 Å². The van der Waals surface area contributed by atoms with Crippen molar-refractivity contribution in [3.63, 3.8) is 0 Å². The predicted octanol–water partition coefficient (Wildman–Crippen LogP) is 4.12. The molecule has 1 heterocycles. The molecule has 1 aromatic heterocycles. The fourth-order valence-corrected chi connectivity index (χ4v) is 2.86. The number of thiophene rings is 1. The van der Waals surface area contributed by atoms with Gasteiger partial charge in [0.25, 0.3) is 0 Å². The third kappa shape index (κ3) is 4.26. The Morgan fingerprint density at radius 3 is 2.94 bits per heavy atom. The molecular weight excluding hydrogens is 214 g/mol. The summed E-state index contributed by atoms with van der Waals surface area (Å²) in [5.41, 5.74) is 1.49. The van der Waals surface area contributed by atoms with Gasteiger partial charge >= 0.3 is 0 Å². The monoisotopic (exact) mass is 237 g/mol. The molecule has 1 saturated carbocycles. The van der Waals surface area contributed by atoms with Crippen LogP contribution in [0.2, 0.25) is 0 Å². The summed E-state index contributed by atoms with van der Waals surface area (Å²) in [5, 5.41) is 5.89. The molecule has 1 aliphatic carbocycles. The molecule has 1 aliphatic rings. The molecule has 0 unspecified atom stereocenters. The normalized spacial score (nSPS) is 15.6. The molecule has 2 rings (SSSR count). The van der Waals surface area contributed by atoms with E-state index in [2.05, 4.69) is 23.7 Å². The van der Waals surface area contributed by atoms with Gasteiger partial charge in [0.1, 0.15) is 0 Å². The van der Waals surface area contributed by atoms with Crippen molar-refractivity contribution < 1.29 is 0 Å². The van der Waals surface area contributed by atoms with Gasteiger partial charge < -0.3 is 5.32 Å². The van der Waals surface area contributed by atoms with Gasteiger partial charge in [-0.15, -0.1) is 11.3 Å². The van der Waals surface area contributed by atoms with E-state index in [9.17, 15) is 0 Å². The van der Waals surface area contributed by atoms with E-state index in [1.807, 2.05) is 11.3 Å². The zero-order valence-corrected chi connectivity index (χ0v) is 11.1. The first-order valence-electron chi connectivity index (χ1n) is 6.68. The SMILES string of the molecule is CCCCCCc1cc(CNC2CC2)cs1. The maximum Gasteiger partial charge on any atom is 0.0216 e. The minimum atomic E-state index is 0.827. The quantitative estimate of drug-likeness (QED) is 0.671. The Morgan fingerprint density at radius 2 is 2.19 bits per heavy atom. The van der Waals surface area contributed by atoms with Crippen LogP contribution in [0.5, 0.6) is 0 Å². The molecule has 16 heavy (non-hydrogen) atoms. The van der Waals surface area contributed by atoms with Gasteiger partial charge in [0.15, 0.2) is 0 Å². The van der Waals surface area contributed by atoms with E-state index in [4.69, 9.17) is 0 Å². The van der Waals surface area contributed by atoms with Gasteiger partial charge in [-0.1, -0.05) is 26.2 Å². The first-order chi connectivity index (χ1) is 7.88. The lowest BCUT2D eigenvalue weighted by Gasteiger charge is -1.99. The topological polar surface area (TPSA) is 12.0 Å². The van der Waals surface area contributed by atoms with Crippen LogP contribution in [0.15, 0.2) is 11.4 Å². The van der Waals surface area contributed by atoms with Crippen LogP contribution in [0.25, 0.3) is 0 Å². The molecule has 0 spiro atoms. The van der Waals surface area contributed by atoms with E-state index in [1.54, 1.807) is 4.88 Å². The molecule has 90 valence electrons. The van der Waals surface area contributed by atoms with Crippen molar-refractivity contribution in [2.45, 2.75) is 64.5 Å². The fraction of sp³-hybridized carbons (Fsp3) is 0.714. The molecule has 0 aromatic carbocycles. The average molecular weight is 237 g/mol. The van der Waals surface area contributed by atoms with Crippen molar-refractivity contribution in [3.05, 3.63) is 21.9 Å². The highest BCUT2D eigenvalue weighted by molar-refractivity contribution is 7.10. The van der Waals surface area contributed by atoms with Gasteiger partial charge in [-0.2, -0.15) is 0 Å². The molecule has 0 amide bonds. The first kappa shape index (κ1) is 12.1. The minimum absolute atomic E-state index is 0.827. The Labute approximate surface area is 103 Å². The summed E-state index contributed by atoms with van der Waals surface area (Å²) in [7, 11) is 0. The third-order valence-electron chi connectivity index (χ3n) is 3.16. The number of nitrogens with one attached hydrogen (secondary N) is 1. The van der Waals surface area contributed by atoms with E-state index in [-0.39, 0.29) is 0 Å². The van der Waals surface area contributed by atoms with E-state index in [1.165, 1.54) is 50.5 Å². The molecule has 0 atom stereocenters. The molecule has 1 nitrogen and oxygen atoms in total. The maximum absolute atomic E-state index is 3.57.